The van der Waals surface area contributed by atoms with Crippen molar-refractivity contribution in [3.8, 4) is 11.5 Å². The lowest BCUT2D eigenvalue weighted by molar-refractivity contribution is 0.0930. The van der Waals surface area contributed by atoms with Crippen molar-refractivity contribution in [2.75, 3.05) is 26.1 Å². The van der Waals surface area contributed by atoms with E-state index in [9.17, 15) is 4.79 Å². The van der Waals surface area contributed by atoms with E-state index in [2.05, 4.69) is 5.32 Å². The Labute approximate surface area is 187 Å². The van der Waals surface area contributed by atoms with E-state index in [4.69, 9.17) is 18.6 Å². The molecule has 3 aromatic rings. The van der Waals surface area contributed by atoms with Gasteiger partial charge in [0.25, 0.3) is 0 Å². The van der Waals surface area contributed by atoms with Gasteiger partial charge in [0.1, 0.15) is 23.9 Å². The number of carbonyl (C=O) groups is 1. The monoisotopic (exact) mass is 436 g/mol. The van der Waals surface area contributed by atoms with Gasteiger partial charge in [-0.25, -0.2) is 4.79 Å². The van der Waals surface area contributed by atoms with Crippen LogP contribution >= 0.6 is 0 Å². The first-order valence-corrected chi connectivity index (χ1v) is 10.7. The van der Waals surface area contributed by atoms with Crippen molar-refractivity contribution >= 4 is 11.7 Å². The van der Waals surface area contributed by atoms with Gasteiger partial charge >= 0.3 is 6.03 Å². The fourth-order valence-corrected chi connectivity index (χ4v) is 4.03. The Hall–Kier alpha value is -3.45. The molecule has 32 heavy (non-hydrogen) atoms. The Balaban J connectivity index is 1.41. The van der Waals surface area contributed by atoms with E-state index in [1.165, 1.54) is 0 Å². The highest BCUT2D eigenvalue weighted by Crippen LogP contribution is 2.39. The molecule has 1 fully saturated rings. The number of benzene rings is 2. The molecule has 7 nitrogen and oxygen atoms in total. The van der Waals surface area contributed by atoms with E-state index >= 15 is 0 Å². The summed E-state index contributed by atoms with van der Waals surface area (Å²) in [6, 6.07) is 17.0. The standard InChI is InChI=1S/C25H28N2O5/c1-29-20-10-11-22(24(15-20)30-2)23-9-4-12-27(23)25(28)26-19-7-3-6-18(14-19)16-31-17-21-8-5-13-32-21/h3,5-8,10-11,13-15,23H,4,9,12,16-17H2,1-2H3,(H,26,28). The number of amides is 2. The van der Waals surface area contributed by atoms with Gasteiger partial charge in [-0.05, 0) is 54.8 Å². The van der Waals surface area contributed by atoms with Gasteiger partial charge in [-0.2, -0.15) is 0 Å². The molecule has 0 spiro atoms. The minimum absolute atomic E-state index is 0.0457. The molecule has 4 rings (SSSR count). The molecule has 0 aliphatic carbocycles. The summed E-state index contributed by atoms with van der Waals surface area (Å²) in [7, 11) is 3.26. The zero-order chi connectivity index (χ0) is 22.3. The molecule has 1 saturated heterocycles. The van der Waals surface area contributed by atoms with Crippen LogP contribution in [0.1, 0.15) is 35.8 Å². The summed E-state index contributed by atoms with van der Waals surface area (Å²) < 4.78 is 21.8. The largest absolute Gasteiger partial charge is 0.497 e. The molecule has 1 N–H and O–H groups in total. The molecule has 2 aromatic carbocycles. The van der Waals surface area contributed by atoms with Gasteiger partial charge in [0.2, 0.25) is 0 Å². The quantitative estimate of drug-likeness (QED) is 0.513. The smallest absolute Gasteiger partial charge is 0.322 e. The number of carbonyl (C=O) groups excluding carboxylic acids is 1. The fraction of sp³-hybridized carbons (Fsp3) is 0.320. The van der Waals surface area contributed by atoms with Gasteiger partial charge in [-0.1, -0.05) is 12.1 Å². The predicted molar refractivity (Wildman–Crippen MR) is 121 cm³/mol. The lowest BCUT2D eigenvalue weighted by Gasteiger charge is -2.27. The molecule has 1 aliphatic rings. The van der Waals surface area contributed by atoms with Crippen molar-refractivity contribution in [2.24, 2.45) is 0 Å². The summed E-state index contributed by atoms with van der Waals surface area (Å²) in [6.45, 7) is 1.53. The van der Waals surface area contributed by atoms with E-state index in [1.807, 2.05) is 59.5 Å². The first kappa shape index (κ1) is 21.8. The lowest BCUT2D eigenvalue weighted by atomic mass is 10.0. The Kier molecular flexibility index (Phi) is 6.97. The van der Waals surface area contributed by atoms with Crippen LogP contribution in [-0.4, -0.2) is 31.7 Å². The third-order valence-electron chi connectivity index (χ3n) is 5.58. The Bertz CT molecular complexity index is 1030. The molecule has 0 bridgehead atoms. The molecule has 1 aliphatic heterocycles. The number of furan rings is 1. The summed E-state index contributed by atoms with van der Waals surface area (Å²) in [6.07, 6.45) is 3.45. The normalized spacial score (nSPS) is 15.6. The maximum Gasteiger partial charge on any atom is 0.322 e. The zero-order valence-electron chi connectivity index (χ0n) is 18.4. The number of nitrogens with one attached hydrogen (secondary N) is 1. The van der Waals surface area contributed by atoms with Crippen molar-refractivity contribution in [2.45, 2.75) is 32.1 Å². The van der Waals surface area contributed by atoms with Crippen molar-refractivity contribution in [3.63, 3.8) is 0 Å². The van der Waals surface area contributed by atoms with E-state index in [0.29, 0.717) is 19.8 Å². The number of methoxy groups -OCH3 is 2. The highest BCUT2D eigenvalue weighted by molar-refractivity contribution is 5.90. The van der Waals surface area contributed by atoms with Crippen LogP contribution < -0.4 is 14.8 Å². The Morgan fingerprint density at radius 3 is 2.78 bits per heavy atom. The van der Waals surface area contributed by atoms with Gasteiger partial charge < -0.3 is 28.8 Å². The Morgan fingerprint density at radius 1 is 1.09 bits per heavy atom. The Morgan fingerprint density at radius 2 is 2.00 bits per heavy atom. The van der Waals surface area contributed by atoms with Crippen LogP contribution in [0.3, 0.4) is 0 Å². The van der Waals surface area contributed by atoms with Crippen molar-refractivity contribution in [1.82, 2.24) is 4.90 Å². The minimum atomic E-state index is -0.126. The summed E-state index contributed by atoms with van der Waals surface area (Å²) in [5.41, 5.74) is 2.70. The van der Waals surface area contributed by atoms with E-state index < -0.39 is 0 Å². The lowest BCUT2D eigenvalue weighted by Crippen LogP contribution is -2.34. The first-order chi connectivity index (χ1) is 15.7. The van der Waals surface area contributed by atoms with Gasteiger partial charge in [-0.15, -0.1) is 0 Å². The molecule has 7 heteroatoms. The number of nitrogens with zero attached hydrogens (tertiary/aromatic N) is 1. The van der Waals surface area contributed by atoms with E-state index in [1.54, 1.807) is 20.5 Å². The van der Waals surface area contributed by atoms with Crippen LogP contribution in [0.4, 0.5) is 10.5 Å². The van der Waals surface area contributed by atoms with Crippen LogP contribution in [0.25, 0.3) is 0 Å². The second-order valence-electron chi connectivity index (χ2n) is 7.66. The fourth-order valence-electron chi connectivity index (χ4n) is 4.03. The summed E-state index contributed by atoms with van der Waals surface area (Å²) >= 11 is 0. The molecule has 2 amide bonds. The van der Waals surface area contributed by atoms with Crippen molar-refractivity contribution in [3.05, 3.63) is 77.7 Å². The van der Waals surface area contributed by atoms with Crippen LogP contribution in [-0.2, 0) is 18.0 Å². The zero-order valence-corrected chi connectivity index (χ0v) is 18.4. The average molecular weight is 437 g/mol. The molecular formula is C25H28N2O5. The van der Waals surface area contributed by atoms with Gasteiger partial charge in [0, 0.05) is 23.9 Å². The average Bonchev–Trinajstić information content (AvgIpc) is 3.51. The minimum Gasteiger partial charge on any atom is -0.497 e. The van der Waals surface area contributed by atoms with Crippen molar-refractivity contribution in [1.29, 1.82) is 0 Å². The molecule has 1 aromatic heterocycles. The second kappa shape index (κ2) is 10.2. The second-order valence-corrected chi connectivity index (χ2v) is 7.66. The molecular weight excluding hydrogens is 408 g/mol. The summed E-state index contributed by atoms with van der Waals surface area (Å²) in [5, 5.41) is 3.04. The molecule has 0 radical (unpaired) electrons. The highest BCUT2D eigenvalue weighted by atomic mass is 16.5. The number of anilines is 1. The maximum atomic E-state index is 13.1. The number of hydrogen-bond donors (Lipinski definition) is 1. The molecule has 168 valence electrons. The van der Waals surface area contributed by atoms with Gasteiger partial charge in [0.05, 0.1) is 33.1 Å². The SMILES string of the molecule is COc1ccc(C2CCCN2C(=O)Nc2cccc(COCc3ccco3)c2)c(OC)c1. The maximum absolute atomic E-state index is 13.1. The number of ether oxygens (including phenoxy) is 3. The molecule has 1 unspecified atom stereocenters. The molecule has 0 saturated carbocycles. The molecule has 1 atom stereocenters. The number of rotatable bonds is 8. The number of hydrogen-bond acceptors (Lipinski definition) is 5. The topological polar surface area (TPSA) is 73.2 Å². The van der Waals surface area contributed by atoms with Crippen LogP contribution in [0.15, 0.2) is 65.3 Å². The van der Waals surface area contributed by atoms with Crippen LogP contribution in [0.2, 0.25) is 0 Å². The highest BCUT2D eigenvalue weighted by Gasteiger charge is 2.32. The summed E-state index contributed by atoms with van der Waals surface area (Å²) in [5.74, 6) is 2.24. The third-order valence-corrected chi connectivity index (χ3v) is 5.58. The van der Waals surface area contributed by atoms with Crippen molar-refractivity contribution < 1.29 is 23.4 Å². The van der Waals surface area contributed by atoms with Gasteiger partial charge in [0.15, 0.2) is 0 Å². The molecule has 2 heterocycles. The first-order valence-electron chi connectivity index (χ1n) is 10.7. The van der Waals surface area contributed by atoms with Crippen LogP contribution in [0, 0.1) is 0 Å². The van der Waals surface area contributed by atoms with E-state index in [0.717, 1.165) is 46.9 Å². The van der Waals surface area contributed by atoms with Gasteiger partial charge in [-0.3, -0.25) is 0 Å². The van der Waals surface area contributed by atoms with Crippen LogP contribution in [0.5, 0.6) is 11.5 Å². The number of likely N-dealkylation sites (tertiary alicyclic amines) is 1. The number of urea groups is 1. The summed E-state index contributed by atoms with van der Waals surface area (Å²) in [4.78, 5) is 15.0. The predicted octanol–water partition coefficient (Wildman–Crippen LogP) is 5.38. The third kappa shape index (κ3) is 5.06. The van der Waals surface area contributed by atoms with E-state index in [-0.39, 0.29) is 12.1 Å².